The van der Waals surface area contributed by atoms with E-state index in [9.17, 15) is 0 Å². The van der Waals surface area contributed by atoms with Gasteiger partial charge < -0.3 is 20.1 Å². The van der Waals surface area contributed by atoms with Crippen LogP contribution in [0.2, 0.25) is 0 Å². The van der Waals surface area contributed by atoms with Crippen molar-refractivity contribution in [3.05, 3.63) is 29.8 Å². The van der Waals surface area contributed by atoms with Gasteiger partial charge in [0.1, 0.15) is 5.75 Å². The first-order valence-electron chi connectivity index (χ1n) is 9.08. The Morgan fingerprint density at radius 1 is 1.28 bits per heavy atom. The van der Waals surface area contributed by atoms with E-state index in [0.717, 1.165) is 62.2 Å². The molecule has 2 N–H and O–H groups in total. The van der Waals surface area contributed by atoms with Gasteiger partial charge >= 0.3 is 0 Å². The predicted octanol–water partition coefficient (Wildman–Crippen LogP) is 3.05. The lowest BCUT2D eigenvalue weighted by molar-refractivity contribution is 0.0782. The summed E-state index contributed by atoms with van der Waals surface area (Å²) in [6.45, 7) is 8.42. The third kappa shape index (κ3) is 6.44. The summed E-state index contributed by atoms with van der Waals surface area (Å²) in [6.07, 6.45) is 2.18. The molecule has 1 heterocycles. The van der Waals surface area contributed by atoms with Gasteiger partial charge in [-0.3, -0.25) is 0 Å². The molecule has 1 aromatic rings. The third-order valence-electron chi connectivity index (χ3n) is 4.33. The lowest BCUT2D eigenvalue weighted by Gasteiger charge is -2.37. The Labute approximate surface area is 156 Å². The number of hydrogen-bond acceptors (Lipinski definition) is 4. The average Bonchev–Trinajstić information content (AvgIpc) is 2.65. The van der Waals surface area contributed by atoms with Crippen LogP contribution in [0.4, 0.5) is 0 Å². The highest BCUT2D eigenvalue weighted by Gasteiger charge is 2.32. The summed E-state index contributed by atoms with van der Waals surface area (Å²) in [5.74, 6) is 2.86. The molecule has 0 bridgehead atoms. The molecule has 0 unspecified atom stereocenters. The summed E-state index contributed by atoms with van der Waals surface area (Å²) >= 11 is 2.04. The minimum absolute atomic E-state index is 0.249. The van der Waals surface area contributed by atoms with Gasteiger partial charge in [-0.1, -0.05) is 19.1 Å². The molecule has 0 saturated carbocycles. The monoisotopic (exact) mass is 365 g/mol. The summed E-state index contributed by atoms with van der Waals surface area (Å²) in [5, 5.41) is 6.89. The molecule has 1 fully saturated rings. The fourth-order valence-electron chi connectivity index (χ4n) is 2.95. The van der Waals surface area contributed by atoms with E-state index in [1.165, 1.54) is 0 Å². The summed E-state index contributed by atoms with van der Waals surface area (Å²) < 4.78 is 11.1. The molecule has 2 rings (SSSR count). The highest BCUT2D eigenvalue weighted by atomic mass is 32.2. The normalized spacial score (nSPS) is 17.2. The number of aliphatic imine (C=N–C) groups is 1. The fraction of sp³-hybridized carbons (Fsp3) is 0.632. The molecule has 1 saturated heterocycles. The minimum Gasteiger partial charge on any atom is -0.497 e. The Balaban J connectivity index is 1.98. The molecule has 0 aromatic heterocycles. The van der Waals surface area contributed by atoms with E-state index in [1.54, 1.807) is 7.11 Å². The van der Waals surface area contributed by atoms with Crippen LogP contribution in [0.15, 0.2) is 29.3 Å². The zero-order chi connectivity index (χ0) is 18.0. The zero-order valence-electron chi connectivity index (χ0n) is 15.6. The lowest BCUT2D eigenvalue weighted by atomic mass is 9.99. The Morgan fingerprint density at radius 2 is 2.08 bits per heavy atom. The molecule has 0 aliphatic carbocycles. The highest BCUT2D eigenvalue weighted by Crippen LogP contribution is 2.34. The first kappa shape index (κ1) is 19.9. The van der Waals surface area contributed by atoms with Gasteiger partial charge in [0.05, 0.1) is 13.7 Å². The second kappa shape index (κ2) is 10.6. The van der Waals surface area contributed by atoms with Crippen molar-refractivity contribution in [2.24, 2.45) is 4.99 Å². The van der Waals surface area contributed by atoms with E-state index in [0.29, 0.717) is 6.54 Å². The molecule has 6 heteroatoms. The maximum atomic E-state index is 5.55. The Morgan fingerprint density at radius 3 is 2.76 bits per heavy atom. The highest BCUT2D eigenvalue weighted by molar-refractivity contribution is 8.00. The molecule has 0 radical (unpaired) electrons. The Bertz CT molecular complexity index is 540. The van der Waals surface area contributed by atoms with Crippen molar-refractivity contribution < 1.29 is 9.47 Å². The van der Waals surface area contributed by atoms with E-state index in [1.807, 2.05) is 30.0 Å². The third-order valence-corrected chi connectivity index (χ3v) is 5.78. The van der Waals surface area contributed by atoms with E-state index in [2.05, 4.69) is 30.5 Å². The summed E-state index contributed by atoms with van der Waals surface area (Å²) in [7, 11) is 1.69. The molecule has 140 valence electrons. The first-order valence-corrected chi connectivity index (χ1v) is 10.1. The van der Waals surface area contributed by atoms with Crippen molar-refractivity contribution in [1.29, 1.82) is 0 Å². The number of nitrogens with zero attached hydrogens (tertiary/aromatic N) is 1. The number of rotatable bonds is 8. The second-order valence-electron chi connectivity index (χ2n) is 6.13. The standard InChI is InChI=1S/C19H31N3O2S/c1-4-20-18(21-14-16-7-6-8-17(13-16)23-3)22-15-19(25-5-2)9-11-24-12-10-19/h6-8,13H,4-5,9-12,14-15H2,1-3H3,(H2,20,21,22). The molecular formula is C19H31N3O2S. The smallest absolute Gasteiger partial charge is 0.191 e. The summed E-state index contributed by atoms with van der Waals surface area (Å²) in [4.78, 5) is 4.73. The molecule has 0 amide bonds. The number of hydrogen-bond donors (Lipinski definition) is 2. The summed E-state index contributed by atoms with van der Waals surface area (Å²) in [6, 6.07) is 8.05. The molecule has 0 atom stereocenters. The van der Waals surface area contributed by atoms with Crippen molar-refractivity contribution in [2.75, 3.05) is 39.2 Å². The molecule has 5 nitrogen and oxygen atoms in total. The number of ether oxygens (including phenoxy) is 2. The first-order chi connectivity index (χ1) is 12.2. The van der Waals surface area contributed by atoms with Gasteiger partial charge in [-0.2, -0.15) is 11.8 Å². The van der Waals surface area contributed by atoms with Crippen LogP contribution in [0.25, 0.3) is 0 Å². The zero-order valence-corrected chi connectivity index (χ0v) is 16.5. The topological polar surface area (TPSA) is 54.9 Å². The van der Waals surface area contributed by atoms with Gasteiger partial charge in [0.25, 0.3) is 0 Å². The Kier molecular flexibility index (Phi) is 8.41. The SMILES string of the molecule is CCNC(=NCc1cccc(OC)c1)NCC1(SCC)CCOCC1. The fourth-order valence-corrected chi connectivity index (χ4v) is 4.19. The van der Waals surface area contributed by atoms with Crippen LogP contribution < -0.4 is 15.4 Å². The van der Waals surface area contributed by atoms with E-state index < -0.39 is 0 Å². The molecule has 0 spiro atoms. The van der Waals surface area contributed by atoms with Gasteiger partial charge in [-0.05, 0) is 43.2 Å². The van der Waals surface area contributed by atoms with E-state index >= 15 is 0 Å². The molecule has 1 aliphatic rings. The van der Waals surface area contributed by atoms with Gasteiger partial charge in [0.15, 0.2) is 5.96 Å². The summed E-state index contributed by atoms with van der Waals surface area (Å²) in [5.41, 5.74) is 1.14. The van der Waals surface area contributed by atoms with Crippen molar-refractivity contribution in [1.82, 2.24) is 10.6 Å². The predicted molar refractivity (Wildman–Crippen MR) is 107 cm³/mol. The van der Waals surface area contributed by atoms with Crippen molar-refractivity contribution >= 4 is 17.7 Å². The number of guanidine groups is 1. The number of nitrogens with one attached hydrogen (secondary N) is 2. The average molecular weight is 366 g/mol. The van der Waals surface area contributed by atoms with Crippen molar-refractivity contribution in [3.63, 3.8) is 0 Å². The van der Waals surface area contributed by atoms with Gasteiger partial charge in [-0.25, -0.2) is 4.99 Å². The van der Waals surface area contributed by atoms with E-state index in [-0.39, 0.29) is 4.75 Å². The van der Waals surface area contributed by atoms with Crippen LogP contribution in [-0.4, -0.2) is 49.9 Å². The van der Waals surface area contributed by atoms with Gasteiger partial charge in [0, 0.05) is 31.1 Å². The minimum atomic E-state index is 0.249. The van der Waals surface area contributed by atoms with Crippen LogP contribution in [-0.2, 0) is 11.3 Å². The van der Waals surface area contributed by atoms with Crippen LogP contribution in [0, 0.1) is 0 Å². The maximum Gasteiger partial charge on any atom is 0.191 e. The largest absolute Gasteiger partial charge is 0.497 e. The number of benzene rings is 1. The lowest BCUT2D eigenvalue weighted by Crippen LogP contribution is -2.48. The molecular weight excluding hydrogens is 334 g/mol. The van der Waals surface area contributed by atoms with Crippen LogP contribution in [0.3, 0.4) is 0 Å². The molecule has 1 aromatic carbocycles. The van der Waals surface area contributed by atoms with Gasteiger partial charge in [0.2, 0.25) is 0 Å². The number of thioether (sulfide) groups is 1. The van der Waals surface area contributed by atoms with E-state index in [4.69, 9.17) is 14.5 Å². The molecule has 1 aliphatic heterocycles. The van der Waals surface area contributed by atoms with Crippen LogP contribution in [0.1, 0.15) is 32.3 Å². The van der Waals surface area contributed by atoms with Crippen molar-refractivity contribution in [2.45, 2.75) is 38.0 Å². The molecule has 25 heavy (non-hydrogen) atoms. The van der Waals surface area contributed by atoms with Crippen LogP contribution >= 0.6 is 11.8 Å². The number of methoxy groups -OCH3 is 1. The quantitative estimate of drug-likeness (QED) is 0.548. The second-order valence-corrected chi connectivity index (χ2v) is 7.86. The van der Waals surface area contributed by atoms with Crippen LogP contribution in [0.5, 0.6) is 5.75 Å². The maximum absolute atomic E-state index is 5.55. The van der Waals surface area contributed by atoms with Gasteiger partial charge in [-0.15, -0.1) is 0 Å². The van der Waals surface area contributed by atoms with Crippen molar-refractivity contribution in [3.8, 4) is 5.75 Å². The Hall–Kier alpha value is -1.40.